The van der Waals surface area contributed by atoms with Crippen molar-refractivity contribution in [2.45, 2.75) is 19.4 Å². The summed E-state index contributed by atoms with van der Waals surface area (Å²) < 4.78 is 0. The predicted molar refractivity (Wildman–Crippen MR) is 58.2 cm³/mol. The van der Waals surface area contributed by atoms with E-state index < -0.39 is 0 Å². The van der Waals surface area contributed by atoms with Crippen molar-refractivity contribution in [2.24, 2.45) is 5.92 Å². The molecule has 0 bridgehead atoms. The summed E-state index contributed by atoms with van der Waals surface area (Å²) in [6.45, 7) is 2.49. The number of piperidine rings is 1. The van der Waals surface area contributed by atoms with Crippen LogP contribution in [0.5, 0.6) is 0 Å². The van der Waals surface area contributed by atoms with Crippen LogP contribution < -0.4 is 10.6 Å². The highest BCUT2D eigenvalue weighted by Gasteiger charge is 2.20. The molecule has 1 atom stereocenters. The van der Waals surface area contributed by atoms with Crippen LogP contribution in [-0.4, -0.2) is 24.0 Å². The van der Waals surface area contributed by atoms with Crippen LogP contribution in [0.1, 0.15) is 18.4 Å². The van der Waals surface area contributed by atoms with E-state index in [1.54, 1.807) is 0 Å². The molecule has 0 radical (unpaired) electrons. The number of carbonyl (C=O) groups is 1. The molecule has 2 rings (SSSR count). The van der Waals surface area contributed by atoms with Gasteiger partial charge in [0.2, 0.25) is 5.91 Å². The molecule has 1 unspecified atom stereocenters. The first-order chi connectivity index (χ1) is 7.36. The lowest BCUT2D eigenvalue weighted by atomic mass is 9.99. The molecule has 0 spiro atoms. The Morgan fingerprint density at radius 3 is 3.20 bits per heavy atom. The van der Waals surface area contributed by atoms with E-state index in [0.29, 0.717) is 6.54 Å². The number of nitrogens with one attached hydrogen (secondary N) is 3. The molecule has 1 aromatic rings. The molecule has 0 aromatic carbocycles. The van der Waals surface area contributed by atoms with Gasteiger partial charge in [-0.1, -0.05) is 0 Å². The van der Waals surface area contributed by atoms with Crippen LogP contribution in [0.3, 0.4) is 0 Å². The van der Waals surface area contributed by atoms with Crippen LogP contribution in [0.2, 0.25) is 0 Å². The first-order valence-electron chi connectivity index (χ1n) is 5.46. The lowest BCUT2D eigenvalue weighted by molar-refractivity contribution is -0.125. The van der Waals surface area contributed by atoms with E-state index in [0.717, 1.165) is 31.5 Å². The van der Waals surface area contributed by atoms with Crippen LogP contribution in [0.4, 0.5) is 0 Å². The second-order valence-corrected chi connectivity index (χ2v) is 3.98. The molecular formula is C11H17N3O. The highest BCUT2D eigenvalue weighted by molar-refractivity contribution is 5.78. The maximum Gasteiger partial charge on any atom is 0.224 e. The van der Waals surface area contributed by atoms with E-state index in [4.69, 9.17) is 0 Å². The lowest BCUT2D eigenvalue weighted by Crippen LogP contribution is -2.40. The third kappa shape index (κ3) is 2.83. The maximum atomic E-state index is 11.7. The molecule has 1 aliphatic rings. The third-order valence-corrected chi connectivity index (χ3v) is 2.80. The Balaban J connectivity index is 1.76. The fraction of sp³-hybridized carbons (Fsp3) is 0.545. The zero-order chi connectivity index (χ0) is 10.5. The predicted octanol–water partition coefficient (Wildman–Crippen LogP) is 0.630. The molecule has 15 heavy (non-hydrogen) atoms. The van der Waals surface area contributed by atoms with Crippen molar-refractivity contribution < 1.29 is 4.79 Å². The highest BCUT2D eigenvalue weighted by atomic mass is 16.1. The molecule has 1 aliphatic heterocycles. The van der Waals surface area contributed by atoms with Crippen LogP contribution in [-0.2, 0) is 11.3 Å². The van der Waals surface area contributed by atoms with Gasteiger partial charge in [0, 0.05) is 25.5 Å². The number of aromatic amines is 1. The molecule has 3 N–H and O–H groups in total. The van der Waals surface area contributed by atoms with E-state index in [2.05, 4.69) is 15.6 Å². The quantitative estimate of drug-likeness (QED) is 0.681. The molecule has 0 aliphatic carbocycles. The molecule has 2 heterocycles. The summed E-state index contributed by atoms with van der Waals surface area (Å²) in [7, 11) is 0. The van der Waals surface area contributed by atoms with Crippen molar-refractivity contribution in [1.29, 1.82) is 0 Å². The monoisotopic (exact) mass is 207 g/mol. The van der Waals surface area contributed by atoms with Gasteiger partial charge in [0.05, 0.1) is 5.92 Å². The first-order valence-corrected chi connectivity index (χ1v) is 5.46. The number of carbonyl (C=O) groups excluding carboxylic acids is 1. The van der Waals surface area contributed by atoms with Crippen LogP contribution in [0, 0.1) is 5.92 Å². The smallest absolute Gasteiger partial charge is 0.224 e. The standard InChI is InChI=1S/C11H17N3O/c15-11(10-2-1-4-12-8-10)14-7-9-3-5-13-6-9/h3,5-6,10,12-13H,1-2,4,7-8H2,(H,14,15). The van der Waals surface area contributed by atoms with Crippen LogP contribution in [0.25, 0.3) is 0 Å². The molecule has 4 nitrogen and oxygen atoms in total. The van der Waals surface area contributed by atoms with E-state index in [1.807, 2.05) is 18.5 Å². The zero-order valence-electron chi connectivity index (χ0n) is 8.75. The van der Waals surface area contributed by atoms with Gasteiger partial charge in [-0.05, 0) is 31.0 Å². The Morgan fingerprint density at radius 2 is 2.53 bits per heavy atom. The average Bonchev–Trinajstić information content (AvgIpc) is 2.80. The molecular weight excluding hydrogens is 190 g/mol. The molecule has 82 valence electrons. The number of rotatable bonds is 3. The Kier molecular flexibility index (Phi) is 3.40. The number of aromatic nitrogens is 1. The molecule has 1 aromatic heterocycles. The van der Waals surface area contributed by atoms with Gasteiger partial charge < -0.3 is 15.6 Å². The van der Waals surface area contributed by atoms with E-state index in [1.165, 1.54) is 0 Å². The van der Waals surface area contributed by atoms with Gasteiger partial charge in [-0.3, -0.25) is 4.79 Å². The minimum atomic E-state index is 0.151. The van der Waals surface area contributed by atoms with E-state index >= 15 is 0 Å². The second kappa shape index (κ2) is 4.98. The minimum absolute atomic E-state index is 0.151. The fourth-order valence-electron chi connectivity index (χ4n) is 1.88. The van der Waals surface area contributed by atoms with Crippen molar-refractivity contribution >= 4 is 5.91 Å². The number of hydrogen-bond donors (Lipinski definition) is 3. The largest absolute Gasteiger partial charge is 0.367 e. The number of H-pyrrole nitrogens is 1. The van der Waals surface area contributed by atoms with Crippen molar-refractivity contribution in [1.82, 2.24) is 15.6 Å². The maximum absolute atomic E-state index is 11.7. The Bertz CT molecular complexity index is 302. The Hall–Kier alpha value is -1.29. The van der Waals surface area contributed by atoms with Gasteiger partial charge >= 0.3 is 0 Å². The topological polar surface area (TPSA) is 56.9 Å². The van der Waals surface area contributed by atoms with Gasteiger partial charge in [0.25, 0.3) is 0 Å². The summed E-state index contributed by atoms with van der Waals surface area (Å²) >= 11 is 0. The third-order valence-electron chi connectivity index (χ3n) is 2.80. The van der Waals surface area contributed by atoms with E-state index in [9.17, 15) is 4.79 Å². The normalized spacial score (nSPS) is 21.2. The minimum Gasteiger partial charge on any atom is -0.367 e. The molecule has 4 heteroatoms. The second-order valence-electron chi connectivity index (χ2n) is 3.98. The first kappa shape index (κ1) is 10.2. The Morgan fingerprint density at radius 1 is 1.60 bits per heavy atom. The Labute approximate surface area is 89.5 Å². The molecule has 1 fully saturated rings. The fourth-order valence-corrected chi connectivity index (χ4v) is 1.88. The van der Waals surface area contributed by atoms with Crippen molar-refractivity contribution in [3.63, 3.8) is 0 Å². The zero-order valence-corrected chi connectivity index (χ0v) is 8.75. The molecule has 1 amide bonds. The number of amides is 1. The van der Waals surface area contributed by atoms with Gasteiger partial charge in [0.15, 0.2) is 0 Å². The van der Waals surface area contributed by atoms with Crippen molar-refractivity contribution in [3.05, 3.63) is 24.0 Å². The van der Waals surface area contributed by atoms with Crippen LogP contribution in [0.15, 0.2) is 18.5 Å². The van der Waals surface area contributed by atoms with Crippen molar-refractivity contribution in [3.8, 4) is 0 Å². The summed E-state index contributed by atoms with van der Waals surface area (Å²) in [5, 5.41) is 6.20. The lowest BCUT2D eigenvalue weighted by Gasteiger charge is -2.21. The summed E-state index contributed by atoms with van der Waals surface area (Å²) in [5.41, 5.74) is 1.12. The van der Waals surface area contributed by atoms with Gasteiger partial charge in [-0.15, -0.1) is 0 Å². The summed E-state index contributed by atoms with van der Waals surface area (Å²) in [5.74, 6) is 0.320. The molecule has 1 saturated heterocycles. The van der Waals surface area contributed by atoms with Gasteiger partial charge in [-0.25, -0.2) is 0 Å². The van der Waals surface area contributed by atoms with Gasteiger partial charge in [-0.2, -0.15) is 0 Å². The number of hydrogen-bond acceptors (Lipinski definition) is 2. The summed E-state index contributed by atoms with van der Waals surface area (Å²) in [6.07, 6.45) is 5.87. The summed E-state index contributed by atoms with van der Waals surface area (Å²) in [6, 6.07) is 1.97. The van der Waals surface area contributed by atoms with Crippen LogP contribution >= 0.6 is 0 Å². The average molecular weight is 207 g/mol. The summed E-state index contributed by atoms with van der Waals surface area (Å²) in [4.78, 5) is 14.7. The van der Waals surface area contributed by atoms with Gasteiger partial charge in [0.1, 0.15) is 0 Å². The van der Waals surface area contributed by atoms with E-state index in [-0.39, 0.29) is 11.8 Å². The van der Waals surface area contributed by atoms with Crippen molar-refractivity contribution in [2.75, 3.05) is 13.1 Å². The molecule has 0 saturated carbocycles. The SMILES string of the molecule is O=C(NCc1cc[nH]c1)C1CCCNC1. The highest BCUT2D eigenvalue weighted by Crippen LogP contribution is 2.09.